The molecule has 1 saturated carbocycles. The summed E-state index contributed by atoms with van der Waals surface area (Å²) in [5, 5.41) is 2.91. The highest BCUT2D eigenvalue weighted by Gasteiger charge is 2.27. The van der Waals surface area contributed by atoms with Gasteiger partial charge in [-0.2, -0.15) is 0 Å². The van der Waals surface area contributed by atoms with Gasteiger partial charge in [0, 0.05) is 19.6 Å². The number of ether oxygens (including phenoxy) is 2. The number of piperidine rings is 1. The van der Waals surface area contributed by atoms with Crippen LogP contribution >= 0.6 is 0 Å². The average molecular weight is 340 g/mol. The summed E-state index contributed by atoms with van der Waals surface area (Å²) in [4.78, 5) is 25.6. The number of rotatable bonds is 7. The fraction of sp³-hybridized carbons (Fsp3) is 0.889. The zero-order valence-corrected chi connectivity index (χ0v) is 15.3. The Morgan fingerprint density at radius 1 is 1.17 bits per heavy atom. The molecule has 0 aromatic carbocycles. The highest BCUT2D eigenvalue weighted by atomic mass is 16.6. The third-order valence-corrected chi connectivity index (χ3v) is 4.33. The van der Waals surface area contributed by atoms with Crippen molar-refractivity contribution in [3.05, 3.63) is 0 Å². The first kappa shape index (κ1) is 19.0. The van der Waals surface area contributed by atoms with Crippen molar-refractivity contribution in [2.24, 2.45) is 11.8 Å². The van der Waals surface area contributed by atoms with Gasteiger partial charge in [-0.15, -0.1) is 0 Å². The predicted octanol–water partition coefficient (Wildman–Crippen LogP) is 2.57. The van der Waals surface area contributed by atoms with Crippen LogP contribution in [-0.4, -0.2) is 55.3 Å². The number of hydrogen-bond acceptors (Lipinski definition) is 4. The Bertz CT molecular complexity index is 429. The smallest absolute Gasteiger partial charge is 0.410 e. The molecule has 0 spiro atoms. The van der Waals surface area contributed by atoms with E-state index in [1.165, 1.54) is 12.8 Å². The van der Waals surface area contributed by atoms with Crippen molar-refractivity contribution >= 4 is 12.0 Å². The van der Waals surface area contributed by atoms with Gasteiger partial charge in [0.25, 0.3) is 0 Å². The van der Waals surface area contributed by atoms with Gasteiger partial charge in [0.15, 0.2) is 0 Å². The van der Waals surface area contributed by atoms with Crippen LogP contribution in [0.15, 0.2) is 0 Å². The number of nitrogens with zero attached hydrogens (tertiary/aromatic N) is 1. The van der Waals surface area contributed by atoms with Crippen LogP contribution < -0.4 is 5.32 Å². The second-order valence-electron chi connectivity index (χ2n) is 8.03. The Kier molecular flexibility index (Phi) is 6.90. The number of carbonyl (C=O) groups excluding carboxylic acids is 2. The molecule has 0 aromatic heterocycles. The van der Waals surface area contributed by atoms with E-state index < -0.39 is 5.60 Å². The van der Waals surface area contributed by atoms with Gasteiger partial charge < -0.3 is 19.7 Å². The first-order chi connectivity index (χ1) is 11.3. The van der Waals surface area contributed by atoms with Crippen LogP contribution in [0.1, 0.15) is 52.9 Å². The molecule has 2 amide bonds. The van der Waals surface area contributed by atoms with Crippen LogP contribution in [0, 0.1) is 11.8 Å². The van der Waals surface area contributed by atoms with E-state index in [0.717, 1.165) is 25.8 Å². The topological polar surface area (TPSA) is 67.9 Å². The van der Waals surface area contributed by atoms with E-state index in [2.05, 4.69) is 5.32 Å². The summed E-state index contributed by atoms with van der Waals surface area (Å²) in [5.74, 6) is 1.05. The number of hydrogen-bond donors (Lipinski definition) is 1. The lowest BCUT2D eigenvalue weighted by atomic mass is 9.95. The van der Waals surface area contributed by atoms with E-state index in [1.807, 2.05) is 20.8 Å². The molecule has 0 radical (unpaired) electrons. The predicted molar refractivity (Wildman–Crippen MR) is 91.7 cm³/mol. The summed E-state index contributed by atoms with van der Waals surface area (Å²) in [7, 11) is 0. The van der Waals surface area contributed by atoms with E-state index in [0.29, 0.717) is 31.5 Å². The van der Waals surface area contributed by atoms with E-state index >= 15 is 0 Å². The van der Waals surface area contributed by atoms with Gasteiger partial charge in [0.2, 0.25) is 5.91 Å². The van der Waals surface area contributed by atoms with E-state index in [4.69, 9.17) is 9.47 Å². The highest BCUT2D eigenvalue weighted by Crippen LogP contribution is 2.28. The van der Waals surface area contributed by atoms with Crippen LogP contribution in [0.5, 0.6) is 0 Å². The lowest BCUT2D eigenvalue weighted by molar-refractivity contribution is -0.125. The highest BCUT2D eigenvalue weighted by molar-refractivity contribution is 5.77. The van der Waals surface area contributed by atoms with Crippen molar-refractivity contribution in [1.29, 1.82) is 0 Å². The van der Waals surface area contributed by atoms with E-state index in [9.17, 15) is 9.59 Å². The molecular formula is C18H32N2O4. The summed E-state index contributed by atoms with van der Waals surface area (Å²) in [6, 6.07) is 0. The van der Waals surface area contributed by atoms with Crippen molar-refractivity contribution in [2.45, 2.75) is 58.5 Å². The lowest BCUT2D eigenvalue weighted by Crippen LogP contribution is -2.43. The molecule has 24 heavy (non-hydrogen) atoms. The maximum atomic E-state index is 12.1. The summed E-state index contributed by atoms with van der Waals surface area (Å²) in [6.45, 7) is 8.62. The van der Waals surface area contributed by atoms with Crippen molar-refractivity contribution in [3.63, 3.8) is 0 Å². The van der Waals surface area contributed by atoms with Gasteiger partial charge >= 0.3 is 6.09 Å². The molecule has 6 nitrogen and oxygen atoms in total. The van der Waals surface area contributed by atoms with Gasteiger partial charge in [-0.1, -0.05) is 0 Å². The second kappa shape index (κ2) is 8.70. The SMILES string of the molecule is CC(C)(C)OC(=O)N1CCCC(CCNC(=O)COCC2CC2)C1. The molecule has 1 saturated heterocycles. The molecule has 2 rings (SSSR count). The van der Waals surface area contributed by atoms with Crippen molar-refractivity contribution in [2.75, 3.05) is 32.8 Å². The summed E-state index contributed by atoms with van der Waals surface area (Å²) in [5.41, 5.74) is -0.460. The second-order valence-corrected chi connectivity index (χ2v) is 8.03. The van der Waals surface area contributed by atoms with Crippen LogP contribution in [0.2, 0.25) is 0 Å². The van der Waals surface area contributed by atoms with Crippen LogP contribution in [0.3, 0.4) is 0 Å². The van der Waals surface area contributed by atoms with Gasteiger partial charge in [0.1, 0.15) is 12.2 Å². The van der Waals surface area contributed by atoms with Gasteiger partial charge in [-0.25, -0.2) is 4.79 Å². The fourth-order valence-corrected chi connectivity index (χ4v) is 2.86. The van der Waals surface area contributed by atoms with Gasteiger partial charge in [-0.05, 0) is 64.7 Å². The van der Waals surface area contributed by atoms with Crippen LogP contribution in [-0.2, 0) is 14.3 Å². The average Bonchev–Trinajstić information content (AvgIpc) is 3.30. The van der Waals surface area contributed by atoms with Gasteiger partial charge in [0.05, 0.1) is 6.61 Å². The molecule has 1 heterocycles. The molecule has 2 fully saturated rings. The molecule has 1 unspecified atom stereocenters. The normalized spacial score (nSPS) is 21.5. The fourth-order valence-electron chi connectivity index (χ4n) is 2.86. The minimum Gasteiger partial charge on any atom is -0.444 e. The van der Waals surface area contributed by atoms with E-state index in [-0.39, 0.29) is 18.6 Å². The molecule has 6 heteroatoms. The Hall–Kier alpha value is -1.30. The van der Waals surface area contributed by atoms with Crippen molar-refractivity contribution in [1.82, 2.24) is 10.2 Å². The zero-order chi connectivity index (χ0) is 17.6. The third-order valence-electron chi connectivity index (χ3n) is 4.33. The Morgan fingerprint density at radius 3 is 2.58 bits per heavy atom. The Labute approximate surface area is 145 Å². The number of nitrogens with one attached hydrogen (secondary N) is 1. The van der Waals surface area contributed by atoms with E-state index in [1.54, 1.807) is 4.90 Å². The number of carbonyl (C=O) groups is 2. The maximum Gasteiger partial charge on any atom is 0.410 e. The van der Waals surface area contributed by atoms with Gasteiger partial charge in [-0.3, -0.25) is 4.79 Å². The number of likely N-dealkylation sites (tertiary alicyclic amines) is 1. The summed E-state index contributed by atoms with van der Waals surface area (Å²) < 4.78 is 10.8. The molecule has 2 aliphatic rings. The standard InChI is InChI=1S/C18H32N2O4/c1-18(2,3)24-17(22)20-10-4-5-14(11-20)8-9-19-16(21)13-23-12-15-6-7-15/h14-15H,4-13H2,1-3H3,(H,19,21). The number of amides is 2. The molecule has 138 valence electrons. The van der Waals surface area contributed by atoms with Crippen molar-refractivity contribution < 1.29 is 19.1 Å². The Morgan fingerprint density at radius 2 is 1.92 bits per heavy atom. The molecule has 1 N–H and O–H groups in total. The minimum atomic E-state index is -0.460. The first-order valence-corrected chi connectivity index (χ1v) is 9.16. The molecular weight excluding hydrogens is 308 g/mol. The van der Waals surface area contributed by atoms with Crippen LogP contribution in [0.4, 0.5) is 4.79 Å². The summed E-state index contributed by atoms with van der Waals surface area (Å²) in [6.07, 6.45) is 5.20. The lowest BCUT2D eigenvalue weighted by Gasteiger charge is -2.34. The Balaban J connectivity index is 1.59. The molecule has 1 aliphatic heterocycles. The molecule has 0 aromatic rings. The third kappa shape index (κ3) is 7.51. The molecule has 1 atom stereocenters. The molecule has 0 bridgehead atoms. The molecule has 1 aliphatic carbocycles. The summed E-state index contributed by atoms with van der Waals surface area (Å²) >= 11 is 0. The van der Waals surface area contributed by atoms with Crippen LogP contribution in [0.25, 0.3) is 0 Å². The quantitative estimate of drug-likeness (QED) is 0.773. The minimum absolute atomic E-state index is 0.0459. The maximum absolute atomic E-state index is 12.1. The van der Waals surface area contributed by atoms with Crippen molar-refractivity contribution in [3.8, 4) is 0 Å². The largest absolute Gasteiger partial charge is 0.444 e. The monoisotopic (exact) mass is 340 g/mol. The first-order valence-electron chi connectivity index (χ1n) is 9.16. The zero-order valence-electron chi connectivity index (χ0n) is 15.3.